The zero-order valence-corrected chi connectivity index (χ0v) is 22.1. The SMILES string of the molecule is COc1ccc(C2(O)C(=O)N(C[C@H]3CC[C@H](NC(=O)c4cc(Cl)cnc4C(F)F)CC3)c3ccccc32)s1. The first-order chi connectivity index (χ1) is 18.2. The summed E-state index contributed by atoms with van der Waals surface area (Å²) >= 11 is 7.11. The van der Waals surface area contributed by atoms with E-state index in [4.69, 9.17) is 16.3 Å². The highest BCUT2D eigenvalue weighted by Crippen LogP contribution is 2.48. The highest BCUT2D eigenvalue weighted by molar-refractivity contribution is 7.14. The van der Waals surface area contributed by atoms with Crippen LogP contribution in [0.5, 0.6) is 5.06 Å². The first-order valence-electron chi connectivity index (χ1n) is 12.2. The number of nitrogens with one attached hydrogen (secondary N) is 1. The summed E-state index contributed by atoms with van der Waals surface area (Å²) in [6.45, 7) is 0.426. The molecule has 1 atom stereocenters. The second kappa shape index (κ2) is 10.6. The normalized spacial score (nSPS) is 23.0. The molecule has 1 saturated carbocycles. The smallest absolute Gasteiger partial charge is 0.281 e. The van der Waals surface area contributed by atoms with Crippen molar-refractivity contribution < 1.29 is 28.2 Å². The molecule has 38 heavy (non-hydrogen) atoms. The van der Waals surface area contributed by atoms with Gasteiger partial charge in [0.25, 0.3) is 18.2 Å². The molecule has 3 heterocycles. The summed E-state index contributed by atoms with van der Waals surface area (Å²) in [5.41, 5.74) is -1.38. The van der Waals surface area contributed by atoms with E-state index in [9.17, 15) is 23.5 Å². The molecular formula is C27H26ClF2N3O4S. The quantitative estimate of drug-likeness (QED) is 0.408. The number of carbonyl (C=O) groups is 2. The van der Waals surface area contributed by atoms with E-state index in [1.54, 1.807) is 36.3 Å². The van der Waals surface area contributed by atoms with Gasteiger partial charge in [-0.1, -0.05) is 29.8 Å². The second-order valence-corrected chi connectivity index (χ2v) is 11.0. The van der Waals surface area contributed by atoms with E-state index in [0.717, 1.165) is 19.0 Å². The molecule has 3 aromatic rings. The summed E-state index contributed by atoms with van der Waals surface area (Å²) in [7, 11) is 1.54. The van der Waals surface area contributed by atoms with Gasteiger partial charge in [0.1, 0.15) is 5.69 Å². The maximum atomic E-state index is 13.6. The highest BCUT2D eigenvalue weighted by Gasteiger charge is 2.52. The van der Waals surface area contributed by atoms with Crippen LogP contribution < -0.4 is 15.0 Å². The summed E-state index contributed by atoms with van der Waals surface area (Å²) in [5.74, 6) is -0.879. The fraction of sp³-hybridized carbons (Fsp3) is 0.370. The molecule has 1 fully saturated rings. The number of benzene rings is 1. The molecule has 1 aliphatic heterocycles. The summed E-state index contributed by atoms with van der Waals surface area (Å²) in [5, 5.41) is 15.2. The van der Waals surface area contributed by atoms with Gasteiger partial charge in [0.2, 0.25) is 5.60 Å². The van der Waals surface area contributed by atoms with E-state index in [2.05, 4.69) is 10.3 Å². The number of para-hydroxylation sites is 1. The molecule has 1 aliphatic carbocycles. The Bertz CT molecular complexity index is 1360. The molecule has 2 N–H and O–H groups in total. The van der Waals surface area contributed by atoms with Crippen molar-refractivity contribution in [2.24, 2.45) is 5.92 Å². The predicted molar refractivity (Wildman–Crippen MR) is 140 cm³/mol. The predicted octanol–water partition coefficient (Wildman–Crippen LogP) is 5.31. The van der Waals surface area contributed by atoms with Gasteiger partial charge in [-0.25, -0.2) is 8.78 Å². The molecule has 1 unspecified atom stereocenters. The number of thiophene rings is 1. The lowest BCUT2D eigenvalue weighted by atomic mass is 9.85. The van der Waals surface area contributed by atoms with Gasteiger partial charge in [0.05, 0.1) is 28.3 Å². The Labute approximate surface area is 227 Å². The second-order valence-electron chi connectivity index (χ2n) is 9.54. The van der Waals surface area contributed by atoms with Gasteiger partial charge < -0.3 is 20.1 Å². The van der Waals surface area contributed by atoms with E-state index in [1.807, 2.05) is 12.1 Å². The van der Waals surface area contributed by atoms with Crippen LogP contribution in [0.15, 0.2) is 48.7 Å². The van der Waals surface area contributed by atoms with Crippen LogP contribution in [0, 0.1) is 5.92 Å². The van der Waals surface area contributed by atoms with Crippen molar-refractivity contribution >= 4 is 40.4 Å². The van der Waals surface area contributed by atoms with Crippen molar-refractivity contribution in [1.29, 1.82) is 0 Å². The number of amides is 2. The van der Waals surface area contributed by atoms with Crippen molar-refractivity contribution in [3.8, 4) is 5.06 Å². The molecule has 2 amide bonds. The Hall–Kier alpha value is -3.08. The monoisotopic (exact) mass is 561 g/mol. The minimum atomic E-state index is -2.89. The number of hydrogen-bond acceptors (Lipinski definition) is 6. The van der Waals surface area contributed by atoms with Crippen LogP contribution in [0.25, 0.3) is 0 Å². The maximum Gasteiger partial charge on any atom is 0.281 e. The lowest BCUT2D eigenvalue weighted by Gasteiger charge is -2.32. The number of methoxy groups -OCH3 is 1. The van der Waals surface area contributed by atoms with Gasteiger partial charge in [-0.2, -0.15) is 0 Å². The van der Waals surface area contributed by atoms with E-state index < -0.39 is 29.5 Å². The van der Waals surface area contributed by atoms with Crippen molar-refractivity contribution in [3.63, 3.8) is 0 Å². The van der Waals surface area contributed by atoms with Crippen LogP contribution in [0.1, 0.15) is 58.6 Å². The Morgan fingerprint density at radius 2 is 2.00 bits per heavy atom. The number of pyridine rings is 1. The summed E-state index contributed by atoms with van der Waals surface area (Å²) in [6.07, 6.45) is 0.904. The number of fused-ring (bicyclic) bond motifs is 1. The molecule has 7 nitrogen and oxygen atoms in total. The van der Waals surface area contributed by atoms with Gasteiger partial charge in [0, 0.05) is 24.3 Å². The topological polar surface area (TPSA) is 91.8 Å². The van der Waals surface area contributed by atoms with E-state index >= 15 is 0 Å². The molecule has 0 bridgehead atoms. The lowest BCUT2D eigenvalue weighted by molar-refractivity contribution is -0.132. The Morgan fingerprint density at radius 3 is 2.68 bits per heavy atom. The molecule has 0 radical (unpaired) electrons. The molecule has 0 spiro atoms. The van der Waals surface area contributed by atoms with Gasteiger partial charge in [-0.05, 0) is 55.9 Å². The zero-order valence-electron chi connectivity index (χ0n) is 20.5. The minimum absolute atomic E-state index is 0.111. The van der Waals surface area contributed by atoms with Gasteiger partial charge >= 0.3 is 0 Å². The number of alkyl halides is 2. The Balaban J connectivity index is 1.26. The van der Waals surface area contributed by atoms with Crippen molar-refractivity contribution in [2.75, 3.05) is 18.6 Å². The number of nitrogens with zero attached hydrogens (tertiary/aromatic N) is 2. The van der Waals surface area contributed by atoms with Crippen LogP contribution in [-0.2, 0) is 10.4 Å². The molecule has 5 rings (SSSR count). The third-order valence-electron chi connectivity index (χ3n) is 7.24. The molecule has 2 aliphatic rings. The van der Waals surface area contributed by atoms with Crippen LogP contribution in [0.2, 0.25) is 5.02 Å². The highest BCUT2D eigenvalue weighted by atomic mass is 35.5. The van der Waals surface area contributed by atoms with Crippen LogP contribution in [0.4, 0.5) is 14.5 Å². The van der Waals surface area contributed by atoms with Crippen molar-refractivity contribution in [3.05, 3.63) is 75.4 Å². The summed E-state index contributed by atoms with van der Waals surface area (Å²) < 4.78 is 31.9. The first kappa shape index (κ1) is 26.5. The fourth-order valence-corrected chi connectivity index (χ4v) is 6.37. The van der Waals surface area contributed by atoms with E-state index in [1.165, 1.54) is 17.4 Å². The molecule has 200 valence electrons. The molecule has 11 heteroatoms. The number of carbonyl (C=O) groups excluding carboxylic acids is 2. The third-order valence-corrected chi connectivity index (χ3v) is 8.60. The van der Waals surface area contributed by atoms with Gasteiger partial charge in [-0.3, -0.25) is 14.6 Å². The Kier molecular flexibility index (Phi) is 7.39. The van der Waals surface area contributed by atoms with Gasteiger partial charge in [-0.15, -0.1) is 11.3 Å². The average Bonchev–Trinajstić information content (AvgIpc) is 3.48. The van der Waals surface area contributed by atoms with Gasteiger partial charge in [0.15, 0.2) is 5.06 Å². The van der Waals surface area contributed by atoms with Crippen LogP contribution >= 0.6 is 22.9 Å². The van der Waals surface area contributed by atoms with E-state index in [0.29, 0.717) is 40.6 Å². The molecule has 2 aromatic heterocycles. The summed E-state index contributed by atoms with van der Waals surface area (Å²) in [4.78, 5) is 32.1. The summed E-state index contributed by atoms with van der Waals surface area (Å²) in [6, 6.07) is 11.7. The number of rotatable bonds is 7. The number of anilines is 1. The minimum Gasteiger partial charge on any atom is -0.487 e. The number of halogens is 3. The zero-order chi connectivity index (χ0) is 27.0. The molecule has 0 saturated heterocycles. The Morgan fingerprint density at radius 1 is 1.26 bits per heavy atom. The number of aromatic nitrogens is 1. The molecular weight excluding hydrogens is 536 g/mol. The fourth-order valence-electron chi connectivity index (χ4n) is 5.29. The first-order valence-corrected chi connectivity index (χ1v) is 13.4. The number of aliphatic hydroxyl groups is 1. The van der Waals surface area contributed by atoms with Crippen LogP contribution in [0.3, 0.4) is 0 Å². The number of ether oxygens (including phenoxy) is 1. The lowest BCUT2D eigenvalue weighted by Crippen LogP contribution is -2.44. The average molecular weight is 562 g/mol. The maximum absolute atomic E-state index is 13.6. The van der Waals surface area contributed by atoms with Crippen LogP contribution in [-0.4, -0.2) is 41.6 Å². The third kappa shape index (κ3) is 4.76. The van der Waals surface area contributed by atoms with E-state index in [-0.39, 0.29) is 22.5 Å². The number of hydrogen-bond donors (Lipinski definition) is 2. The largest absolute Gasteiger partial charge is 0.487 e. The van der Waals surface area contributed by atoms with Crippen molar-refractivity contribution in [2.45, 2.75) is 43.8 Å². The van der Waals surface area contributed by atoms with Crippen molar-refractivity contribution in [1.82, 2.24) is 10.3 Å². The standard InChI is InChI=1S/C27H26ClF2N3O4S/c1-37-22-11-10-21(38-22)27(36)19-4-2-3-5-20(19)33(26(27)35)14-15-6-8-17(9-7-15)32-25(34)18-12-16(28)13-31-23(18)24(29)30/h2-5,10-13,15,17,24,36H,6-9,14H2,1H3,(H,32,34)/t15-,17-,27?. The molecule has 1 aromatic carbocycles.